The highest BCUT2D eigenvalue weighted by molar-refractivity contribution is 6.01. The largest absolute Gasteiger partial charge is 0.463 e. The van der Waals surface area contributed by atoms with Gasteiger partial charge < -0.3 is 14.5 Å². The van der Waals surface area contributed by atoms with Crippen molar-refractivity contribution < 1.29 is 27.5 Å². The number of alkyl halides is 3. The number of amides is 1. The number of rotatable bonds is 12. The maximum Gasteiger partial charge on any atom is 0.416 e. The van der Waals surface area contributed by atoms with Gasteiger partial charge in [0.05, 0.1) is 18.1 Å². The first-order chi connectivity index (χ1) is 21.4. The molecule has 0 N–H and O–H groups in total. The average molecular weight is 623 g/mol. The molecule has 1 saturated heterocycles. The molecule has 3 aromatic rings. The predicted molar refractivity (Wildman–Crippen MR) is 172 cm³/mol. The Morgan fingerprint density at radius 2 is 1.53 bits per heavy atom. The molecule has 0 aliphatic carbocycles. The number of hydrogen-bond acceptors (Lipinski definition) is 4. The van der Waals surface area contributed by atoms with Crippen molar-refractivity contribution in [2.45, 2.75) is 83.0 Å². The van der Waals surface area contributed by atoms with E-state index in [1.165, 1.54) is 17.7 Å². The Labute approximate surface area is 265 Å². The summed E-state index contributed by atoms with van der Waals surface area (Å²) in [4.78, 5) is 30.6. The molecule has 1 atom stereocenters. The van der Waals surface area contributed by atoms with E-state index >= 15 is 0 Å². The Balaban J connectivity index is 1.35. The van der Waals surface area contributed by atoms with Crippen LogP contribution in [0.5, 0.6) is 0 Å². The SMILES string of the molecule is CCC(CCCN1CCC(N(C)C(=O)c2ccccc2-c2ccc(C(F)(F)F)cc2)CC1)(CC(=O)OC(C)C)c1ccccc1. The van der Waals surface area contributed by atoms with E-state index in [0.29, 0.717) is 23.1 Å². The molecular formula is C37H45F3N2O3. The number of ether oxygens (including phenoxy) is 1. The highest BCUT2D eigenvalue weighted by Crippen LogP contribution is 2.37. The zero-order valence-corrected chi connectivity index (χ0v) is 26.8. The first kappa shape index (κ1) is 34.2. The van der Waals surface area contributed by atoms with Crippen LogP contribution >= 0.6 is 0 Å². The number of nitrogens with zero attached hydrogens (tertiary/aromatic N) is 2. The Morgan fingerprint density at radius 3 is 2.13 bits per heavy atom. The van der Waals surface area contributed by atoms with Gasteiger partial charge >= 0.3 is 12.1 Å². The second-order valence-electron chi connectivity index (χ2n) is 12.4. The van der Waals surface area contributed by atoms with Gasteiger partial charge in [0, 0.05) is 37.2 Å². The number of benzene rings is 3. The van der Waals surface area contributed by atoms with E-state index in [9.17, 15) is 22.8 Å². The highest BCUT2D eigenvalue weighted by Gasteiger charge is 2.34. The van der Waals surface area contributed by atoms with Gasteiger partial charge in [-0.2, -0.15) is 13.2 Å². The second-order valence-corrected chi connectivity index (χ2v) is 12.4. The first-order valence-corrected chi connectivity index (χ1v) is 15.9. The van der Waals surface area contributed by atoms with Gasteiger partial charge in [-0.1, -0.05) is 67.6 Å². The molecule has 0 aromatic heterocycles. The lowest BCUT2D eigenvalue weighted by molar-refractivity contribution is -0.149. The summed E-state index contributed by atoms with van der Waals surface area (Å²) in [6, 6.07) is 22.4. The number of hydrogen-bond donors (Lipinski definition) is 0. The molecule has 1 unspecified atom stereocenters. The number of esters is 1. The van der Waals surface area contributed by atoms with Gasteiger partial charge in [0.25, 0.3) is 5.91 Å². The summed E-state index contributed by atoms with van der Waals surface area (Å²) in [5, 5.41) is 0. The number of carbonyl (C=O) groups excluding carboxylic acids is 2. The highest BCUT2D eigenvalue weighted by atomic mass is 19.4. The monoisotopic (exact) mass is 622 g/mol. The molecule has 1 aliphatic heterocycles. The summed E-state index contributed by atoms with van der Waals surface area (Å²) < 4.78 is 44.8. The van der Waals surface area contributed by atoms with Gasteiger partial charge in [-0.05, 0) is 87.4 Å². The third kappa shape index (κ3) is 8.75. The summed E-state index contributed by atoms with van der Waals surface area (Å²) in [6.07, 6.45) is 0.129. The molecule has 1 amide bonds. The third-order valence-electron chi connectivity index (χ3n) is 9.15. The Bertz CT molecular complexity index is 1400. The Kier molecular flexibility index (Phi) is 11.5. The van der Waals surface area contributed by atoms with Crippen LogP contribution in [0, 0.1) is 0 Å². The van der Waals surface area contributed by atoms with Crippen LogP contribution in [0.25, 0.3) is 11.1 Å². The fourth-order valence-electron chi connectivity index (χ4n) is 6.50. The van der Waals surface area contributed by atoms with Crippen LogP contribution < -0.4 is 0 Å². The van der Waals surface area contributed by atoms with Crippen LogP contribution in [0.15, 0.2) is 78.9 Å². The van der Waals surface area contributed by atoms with Gasteiger partial charge in [-0.3, -0.25) is 9.59 Å². The molecule has 0 saturated carbocycles. The van der Waals surface area contributed by atoms with Gasteiger partial charge in [-0.15, -0.1) is 0 Å². The topological polar surface area (TPSA) is 49.9 Å². The number of piperidine rings is 1. The second kappa shape index (κ2) is 15.1. The van der Waals surface area contributed by atoms with Gasteiger partial charge in [-0.25, -0.2) is 0 Å². The minimum absolute atomic E-state index is 0.0688. The van der Waals surface area contributed by atoms with E-state index < -0.39 is 11.7 Å². The van der Waals surface area contributed by atoms with Crippen LogP contribution in [0.2, 0.25) is 0 Å². The zero-order valence-electron chi connectivity index (χ0n) is 26.8. The van der Waals surface area contributed by atoms with Crippen molar-refractivity contribution in [3.63, 3.8) is 0 Å². The molecule has 1 fully saturated rings. The maximum absolute atomic E-state index is 13.6. The molecule has 0 bridgehead atoms. The van der Waals surface area contributed by atoms with E-state index in [1.807, 2.05) is 39.1 Å². The summed E-state index contributed by atoms with van der Waals surface area (Å²) in [7, 11) is 1.82. The lowest BCUT2D eigenvalue weighted by Crippen LogP contribution is -2.46. The molecule has 8 heteroatoms. The molecule has 0 spiro atoms. The number of likely N-dealkylation sites (tertiary alicyclic amines) is 1. The Hall–Kier alpha value is -3.65. The fourth-order valence-corrected chi connectivity index (χ4v) is 6.50. The van der Waals surface area contributed by atoms with E-state index in [-0.39, 0.29) is 29.4 Å². The molecule has 242 valence electrons. The van der Waals surface area contributed by atoms with E-state index in [0.717, 1.165) is 63.9 Å². The molecule has 5 nitrogen and oxygen atoms in total. The van der Waals surface area contributed by atoms with Crippen LogP contribution in [0.1, 0.15) is 80.8 Å². The van der Waals surface area contributed by atoms with Crippen molar-refractivity contribution in [1.82, 2.24) is 9.80 Å². The van der Waals surface area contributed by atoms with Crippen molar-refractivity contribution >= 4 is 11.9 Å². The number of carbonyl (C=O) groups is 2. The van der Waals surface area contributed by atoms with Crippen LogP contribution in [-0.2, 0) is 21.1 Å². The zero-order chi connectivity index (χ0) is 32.6. The molecule has 3 aromatic carbocycles. The van der Waals surface area contributed by atoms with Gasteiger partial charge in [0.1, 0.15) is 0 Å². The van der Waals surface area contributed by atoms with Crippen molar-refractivity contribution in [2.24, 2.45) is 0 Å². The molecule has 4 rings (SSSR count). The summed E-state index contributed by atoms with van der Waals surface area (Å²) in [5.74, 6) is -0.295. The third-order valence-corrected chi connectivity index (χ3v) is 9.15. The van der Waals surface area contributed by atoms with Crippen LogP contribution in [-0.4, -0.2) is 60.5 Å². The predicted octanol–water partition coefficient (Wildman–Crippen LogP) is 8.38. The van der Waals surface area contributed by atoms with Crippen molar-refractivity contribution in [1.29, 1.82) is 0 Å². The van der Waals surface area contributed by atoms with E-state index in [4.69, 9.17) is 4.74 Å². The van der Waals surface area contributed by atoms with E-state index in [1.54, 1.807) is 29.2 Å². The summed E-state index contributed by atoms with van der Waals surface area (Å²) in [6.45, 7) is 8.53. The summed E-state index contributed by atoms with van der Waals surface area (Å²) >= 11 is 0. The lowest BCUT2D eigenvalue weighted by Gasteiger charge is -2.38. The lowest BCUT2D eigenvalue weighted by atomic mass is 9.72. The minimum Gasteiger partial charge on any atom is -0.463 e. The van der Waals surface area contributed by atoms with Gasteiger partial charge in [0.15, 0.2) is 0 Å². The van der Waals surface area contributed by atoms with Gasteiger partial charge in [0.2, 0.25) is 0 Å². The molecule has 0 radical (unpaired) electrons. The Morgan fingerprint density at radius 1 is 0.911 bits per heavy atom. The average Bonchev–Trinajstić information content (AvgIpc) is 3.03. The standard InChI is InChI=1S/C37H45F3N2O3/c1-5-36(26-34(43)45-27(2)3,29-12-7-6-8-13-29)22-11-23-42-24-20-31(21-25-42)41(4)35(44)33-15-10-9-14-32(33)28-16-18-30(19-17-28)37(38,39)40/h6-10,12-19,27,31H,5,11,20-26H2,1-4H3. The molecule has 45 heavy (non-hydrogen) atoms. The molecular weight excluding hydrogens is 577 g/mol. The summed E-state index contributed by atoms with van der Waals surface area (Å²) in [5.41, 5.74) is 1.85. The van der Waals surface area contributed by atoms with Crippen molar-refractivity contribution in [3.05, 3.63) is 95.6 Å². The minimum atomic E-state index is -4.41. The normalized spacial score (nSPS) is 15.9. The number of halogens is 3. The quantitative estimate of drug-likeness (QED) is 0.191. The smallest absolute Gasteiger partial charge is 0.416 e. The van der Waals surface area contributed by atoms with Crippen molar-refractivity contribution in [3.8, 4) is 11.1 Å². The van der Waals surface area contributed by atoms with Crippen LogP contribution in [0.3, 0.4) is 0 Å². The molecule has 1 aliphatic rings. The maximum atomic E-state index is 13.6. The van der Waals surface area contributed by atoms with Crippen LogP contribution in [0.4, 0.5) is 13.2 Å². The van der Waals surface area contributed by atoms with E-state index in [2.05, 4.69) is 24.0 Å². The molecule has 1 heterocycles. The first-order valence-electron chi connectivity index (χ1n) is 15.9. The van der Waals surface area contributed by atoms with Crippen molar-refractivity contribution in [2.75, 3.05) is 26.7 Å². The fraction of sp³-hybridized carbons (Fsp3) is 0.459.